The standard InChI is InChI=1S/C10H10ClNO3/c11-7-2-3-8(9(13)6-7)10(14)12-4-1-5-15-12/h2-3,6,13H,1,4-5H2. The topological polar surface area (TPSA) is 49.8 Å². The fraction of sp³-hybridized carbons (Fsp3) is 0.300. The number of hydroxylamine groups is 2. The van der Waals surface area contributed by atoms with Crippen molar-refractivity contribution in [3.63, 3.8) is 0 Å². The molecule has 0 bridgehead atoms. The number of aromatic hydroxyl groups is 1. The number of carbonyl (C=O) groups is 1. The van der Waals surface area contributed by atoms with Crippen LogP contribution in [0.5, 0.6) is 5.75 Å². The molecule has 4 nitrogen and oxygen atoms in total. The first-order chi connectivity index (χ1) is 7.18. The molecular weight excluding hydrogens is 218 g/mol. The number of amides is 1. The smallest absolute Gasteiger partial charge is 0.281 e. The van der Waals surface area contributed by atoms with Gasteiger partial charge in [0.2, 0.25) is 0 Å². The molecule has 2 rings (SSSR count). The number of hydrogen-bond acceptors (Lipinski definition) is 3. The Labute approximate surface area is 92.0 Å². The van der Waals surface area contributed by atoms with Gasteiger partial charge in [0, 0.05) is 5.02 Å². The first kappa shape index (κ1) is 10.3. The number of rotatable bonds is 1. The van der Waals surface area contributed by atoms with E-state index in [0.29, 0.717) is 18.2 Å². The molecule has 0 unspecified atom stereocenters. The van der Waals surface area contributed by atoms with Crippen LogP contribution in [-0.2, 0) is 4.84 Å². The van der Waals surface area contributed by atoms with Crippen LogP contribution in [-0.4, -0.2) is 29.2 Å². The Morgan fingerprint density at radius 2 is 2.33 bits per heavy atom. The zero-order chi connectivity index (χ0) is 10.8. The van der Waals surface area contributed by atoms with Crippen molar-refractivity contribution in [3.05, 3.63) is 28.8 Å². The van der Waals surface area contributed by atoms with E-state index in [1.165, 1.54) is 17.2 Å². The lowest BCUT2D eigenvalue weighted by Gasteiger charge is -2.14. The van der Waals surface area contributed by atoms with Gasteiger partial charge in [0.05, 0.1) is 18.7 Å². The quantitative estimate of drug-likeness (QED) is 0.796. The molecule has 1 aromatic rings. The molecule has 1 aliphatic rings. The van der Waals surface area contributed by atoms with Gasteiger partial charge in [-0.25, -0.2) is 5.06 Å². The number of nitrogens with zero attached hydrogens (tertiary/aromatic N) is 1. The molecule has 0 spiro atoms. The van der Waals surface area contributed by atoms with E-state index in [4.69, 9.17) is 16.4 Å². The molecule has 15 heavy (non-hydrogen) atoms. The molecule has 1 fully saturated rings. The van der Waals surface area contributed by atoms with Gasteiger partial charge in [-0.15, -0.1) is 0 Å². The molecular formula is C10H10ClNO3. The van der Waals surface area contributed by atoms with Gasteiger partial charge in [0.15, 0.2) is 0 Å². The maximum atomic E-state index is 11.8. The van der Waals surface area contributed by atoms with Crippen LogP contribution in [0.1, 0.15) is 16.8 Å². The predicted molar refractivity (Wildman–Crippen MR) is 54.7 cm³/mol. The van der Waals surface area contributed by atoms with E-state index in [1.54, 1.807) is 6.07 Å². The average Bonchev–Trinajstić information content (AvgIpc) is 2.69. The molecule has 0 atom stereocenters. The minimum absolute atomic E-state index is 0.122. The second-order valence-corrected chi connectivity index (χ2v) is 3.69. The van der Waals surface area contributed by atoms with Gasteiger partial charge in [-0.05, 0) is 24.6 Å². The number of halogens is 1. The average molecular weight is 228 g/mol. The molecule has 1 aliphatic heterocycles. The maximum absolute atomic E-state index is 11.8. The minimum Gasteiger partial charge on any atom is -0.507 e. The molecule has 0 radical (unpaired) electrons. The van der Waals surface area contributed by atoms with Gasteiger partial charge < -0.3 is 5.11 Å². The Kier molecular flexibility index (Phi) is 2.79. The van der Waals surface area contributed by atoms with Crippen molar-refractivity contribution < 1.29 is 14.7 Å². The summed E-state index contributed by atoms with van der Waals surface area (Å²) in [5.41, 5.74) is 0.210. The van der Waals surface area contributed by atoms with Gasteiger partial charge in [0.1, 0.15) is 5.75 Å². The second kappa shape index (κ2) is 4.08. The van der Waals surface area contributed by atoms with E-state index in [-0.39, 0.29) is 17.2 Å². The van der Waals surface area contributed by atoms with E-state index in [0.717, 1.165) is 6.42 Å². The van der Waals surface area contributed by atoms with Gasteiger partial charge in [-0.2, -0.15) is 0 Å². The highest BCUT2D eigenvalue weighted by Gasteiger charge is 2.23. The van der Waals surface area contributed by atoms with Crippen LogP contribution in [0.25, 0.3) is 0 Å². The lowest BCUT2D eigenvalue weighted by Crippen LogP contribution is -2.26. The Morgan fingerprint density at radius 1 is 1.53 bits per heavy atom. The van der Waals surface area contributed by atoms with E-state index in [9.17, 15) is 9.90 Å². The van der Waals surface area contributed by atoms with Gasteiger partial charge in [0.25, 0.3) is 5.91 Å². The van der Waals surface area contributed by atoms with Crippen molar-refractivity contribution in [2.45, 2.75) is 6.42 Å². The summed E-state index contributed by atoms with van der Waals surface area (Å²) in [6.07, 6.45) is 0.820. The summed E-state index contributed by atoms with van der Waals surface area (Å²) >= 11 is 5.67. The van der Waals surface area contributed by atoms with E-state index in [2.05, 4.69) is 0 Å². The fourth-order valence-electron chi connectivity index (χ4n) is 1.43. The molecule has 1 N–H and O–H groups in total. The Balaban J connectivity index is 2.24. The van der Waals surface area contributed by atoms with Crippen LogP contribution in [0.3, 0.4) is 0 Å². The highest BCUT2D eigenvalue weighted by molar-refractivity contribution is 6.30. The first-order valence-electron chi connectivity index (χ1n) is 4.62. The monoisotopic (exact) mass is 227 g/mol. The van der Waals surface area contributed by atoms with Crippen molar-refractivity contribution in [2.24, 2.45) is 0 Å². The SMILES string of the molecule is O=C(c1ccc(Cl)cc1O)N1CCCO1. The predicted octanol–water partition coefficient (Wildman–Crippen LogP) is 1.82. The van der Waals surface area contributed by atoms with Crippen LogP contribution in [0.2, 0.25) is 5.02 Å². The Hall–Kier alpha value is -1.26. The van der Waals surface area contributed by atoms with Crippen molar-refractivity contribution in [1.82, 2.24) is 5.06 Å². The lowest BCUT2D eigenvalue weighted by atomic mass is 10.2. The molecule has 0 saturated carbocycles. The van der Waals surface area contributed by atoms with Gasteiger partial charge >= 0.3 is 0 Å². The molecule has 1 heterocycles. The number of phenols is 1. The zero-order valence-electron chi connectivity index (χ0n) is 7.94. The summed E-state index contributed by atoms with van der Waals surface area (Å²) in [5, 5.41) is 11.2. The summed E-state index contributed by atoms with van der Waals surface area (Å²) in [5.74, 6) is -0.454. The zero-order valence-corrected chi connectivity index (χ0v) is 8.70. The summed E-state index contributed by atoms with van der Waals surface area (Å²) < 4.78 is 0. The van der Waals surface area contributed by atoms with Crippen molar-refractivity contribution in [3.8, 4) is 5.75 Å². The molecule has 0 aromatic heterocycles. The minimum atomic E-state index is -0.332. The van der Waals surface area contributed by atoms with Crippen LogP contribution >= 0.6 is 11.6 Å². The van der Waals surface area contributed by atoms with Crippen LogP contribution in [0.15, 0.2) is 18.2 Å². The molecule has 1 aromatic carbocycles. The highest BCUT2D eigenvalue weighted by atomic mass is 35.5. The molecule has 1 saturated heterocycles. The number of phenolic OH excluding ortho intramolecular Hbond substituents is 1. The molecule has 1 amide bonds. The van der Waals surface area contributed by atoms with Crippen molar-refractivity contribution in [1.29, 1.82) is 0 Å². The lowest BCUT2D eigenvalue weighted by molar-refractivity contribution is -0.0769. The number of benzene rings is 1. The summed E-state index contributed by atoms with van der Waals surface area (Å²) in [4.78, 5) is 16.9. The van der Waals surface area contributed by atoms with Gasteiger partial charge in [-0.3, -0.25) is 9.63 Å². The molecule has 5 heteroatoms. The largest absolute Gasteiger partial charge is 0.507 e. The maximum Gasteiger partial charge on any atom is 0.281 e. The van der Waals surface area contributed by atoms with E-state index in [1.807, 2.05) is 0 Å². The van der Waals surface area contributed by atoms with Crippen molar-refractivity contribution >= 4 is 17.5 Å². The van der Waals surface area contributed by atoms with Gasteiger partial charge in [-0.1, -0.05) is 11.6 Å². The number of carbonyl (C=O) groups excluding carboxylic acids is 1. The second-order valence-electron chi connectivity index (χ2n) is 3.26. The summed E-state index contributed by atoms with van der Waals surface area (Å²) in [7, 11) is 0. The first-order valence-corrected chi connectivity index (χ1v) is 4.99. The van der Waals surface area contributed by atoms with E-state index >= 15 is 0 Å². The molecule has 0 aliphatic carbocycles. The number of hydrogen-bond donors (Lipinski definition) is 1. The fourth-order valence-corrected chi connectivity index (χ4v) is 1.59. The van der Waals surface area contributed by atoms with Crippen molar-refractivity contribution in [2.75, 3.05) is 13.2 Å². The third-order valence-corrected chi connectivity index (χ3v) is 2.40. The third-order valence-electron chi connectivity index (χ3n) is 2.17. The normalized spacial score (nSPS) is 15.7. The summed E-state index contributed by atoms with van der Waals surface area (Å²) in [6, 6.07) is 4.39. The van der Waals surface area contributed by atoms with E-state index < -0.39 is 0 Å². The summed E-state index contributed by atoms with van der Waals surface area (Å²) in [6.45, 7) is 1.10. The Bertz CT molecular complexity index is 388. The van der Waals surface area contributed by atoms with Crippen LogP contribution in [0, 0.1) is 0 Å². The van der Waals surface area contributed by atoms with Crippen LogP contribution in [0.4, 0.5) is 0 Å². The molecule has 80 valence electrons. The highest BCUT2D eigenvalue weighted by Crippen LogP contribution is 2.24. The third kappa shape index (κ3) is 2.06. The van der Waals surface area contributed by atoms with Crippen LogP contribution < -0.4 is 0 Å². The Morgan fingerprint density at radius 3 is 2.93 bits per heavy atom.